The molecule has 0 radical (unpaired) electrons. The Morgan fingerprint density at radius 1 is 1.30 bits per heavy atom. The molecule has 0 aliphatic carbocycles. The number of rotatable bonds is 3. The van der Waals surface area contributed by atoms with Gasteiger partial charge in [-0.1, -0.05) is 12.1 Å². The van der Waals surface area contributed by atoms with Crippen molar-refractivity contribution in [3.63, 3.8) is 0 Å². The molecule has 2 aromatic rings. The topological polar surface area (TPSA) is 47.1 Å². The molecule has 106 valence electrons. The number of benzene rings is 1. The van der Waals surface area contributed by atoms with Crippen LogP contribution in [0.5, 0.6) is 0 Å². The van der Waals surface area contributed by atoms with Gasteiger partial charge in [0.15, 0.2) is 0 Å². The normalized spacial score (nSPS) is 15.9. The Labute approximate surface area is 118 Å². The molecule has 0 saturated carbocycles. The highest BCUT2D eigenvalue weighted by molar-refractivity contribution is 5.73. The molecule has 4 nitrogen and oxygen atoms in total. The van der Waals surface area contributed by atoms with Gasteiger partial charge >= 0.3 is 0 Å². The van der Waals surface area contributed by atoms with Crippen molar-refractivity contribution >= 4 is 5.82 Å². The average Bonchev–Trinajstić information content (AvgIpc) is 3.04. The number of halogens is 1. The van der Waals surface area contributed by atoms with E-state index in [0.29, 0.717) is 12.4 Å². The molecule has 0 amide bonds. The second-order valence-corrected chi connectivity index (χ2v) is 5.36. The SMILES string of the molecule is Cn1ncc(-c2ccc(CN3CCCC3)c(F)c2)c1N. The summed E-state index contributed by atoms with van der Waals surface area (Å²) in [5, 5.41) is 4.09. The van der Waals surface area contributed by atoms with Crippen LogP contribution < -0.4 is 5.73 Å². The Hall–Kier alpha value is -1.88. The van der Waals surface area contributed by atoms with Gasteiger partial charge in [0.25, 0.3) is 0 Å². The van der Waals surface area contributed by atoms with Crippen molar-refractivity contribution in [3.05, 3.63) is 35.8 Å². The first-order valence-electron chi connectivity index (χ1n) is 6.94. The van der Waals surface area contributed by atoms with Crippen molar-refractivity contribution in [2.45, 2.75) is 19.4 Å². The van der Waals surface area contributed by atoms with E-state index in [1.165, 1.54) is 12.8 Å². The summed E-state index contributed by atoms with van der Waals surface area (Å²) in [4.78, 5) is 2.29. The van der Waals surface area contributed by atoms with E-state index < -0.39 is 0 Å². The molecule has 2 N–H and O–H groups in total. The van der Waals surface area contributed by atoms with Gasteiger partial charge in [-0.15, -0.1) is 0 Å². The first kappa shape index (κ1) is 13.1. The third-order valence-electron chi connectivity index (χ3n) is 3.94. The quantitative estimate of drug-likeness (QED) is 0.935. The highest BCUT2D eigenvalue weighted by Gasteiger charge is 2.15. The van der Waals surface area contributed by atoms with Crippen LogP contribution in [0.4, 0.5) is 10.2 Å². The number of aryl methyl sites for hydroxylation is 1. The highest BCUT2D eigenvalue weighted by Crippen LogP contribution is 2.27. The molecule has 2 heterocycles. The monoisotopic (exact) mass is 274 g/mol. The highest BCUT2D eigenvalue weighted by atomic mass is 19.1. The number of nitrogens with zero attached hydrogens (tertiary/aromatic N) is 3. The van der Waals surface area contributed by atoms with Gasteiger partial charge in [-0.2, -0.15) is 5.10 Å². The average molecular weight is 274 g/mol. The van der Waals surface area contributed by atoms with Crippen LogP contribution in [0.2, 0.25) is 0 Å². The number of likely N-dealkylation sites (tertiary alicyclic amines) is 1. The van der Waals surface area contributed by atoms with Gasteiger partial charge < -0.3 is 5.73 Å². The van der Waals surface area contributed by atoms with Crippen LogP contribution in [-0.2, 0) is 13.6 Å². The van der Waals surface area contributed by atoms with Crippen molar-refractivity contribution in [2.75, 3.05) is 18.8 Å². The largest absolute Gasteiger partial charge is 0.383 e. The van der Waals surface area contributed by atoms with Crippen molar-refractivity contribution in [3.8, 4) is 11.1 Å². The summed E-state index contributed by atoms with van der Waals surface area (Å²) in [6.07, 6.45) is 4.10. The van der Waals surface area contributed by atoms with Gasteiger partial charge in [0, 0.05) is 24.7 Å². The van der Waals surface area contributed by atoms with Crippen LogP contribution >= 0.6 is 0 Å². The van der Waals surface area contributed by atoms with Gasteiger partial charge in [-0.25, -0.2) is 4.39 Å². The second-order valence-electron chi connectivity index (χ2n) is 5.36. The molecule has 1 aliphatic rings. The first-order chi connectivity index (χ1) is 9.65. The minimum atomic E-state index is -0.169. The van der Waals surface area contributed by atoms with Gasteiger partial charge in [-0.05, 0) is 37.6 Å². The van der Waals surface area contributed by atoms with Crippen molar-refractivity contribution < 1.29 is 4.39 Å². The molecule has 5 heteroatoms. The van der Waals surface area contributed by atoms with Crippen molar-refractivity contribution in [2.24, 2.45) is 7.05 Å². The van der Waals surface area contributed by atoms with Gasteiger partial charge in [0.05, 0.1) is 6.20 Å². The lowest BCUT2D eigenvalue weighted by Gasteiger charge is -2.15. The minimum Gasteiger partial charge on any atom is -0.383 e. The summed E-state index contributed by atoms with van der Waals surface area (Å²) >= 11 is 0. The molecule has 0 atom stereocenters. The maximum Gasteiger partial charge on any atom is 0.129 e. The Bertz CT molecular complexity index is 614. The van der Waals surface area contributed by atoms with E-state index >= 15 is 0 Å². The summed E-state index contributed by atoms with van der Waals surface area (Å²) < 4.78 is 15.8. The maximum absolute atomic E-state index is 14.2. The molecule has 0 bridgehead atoms. The molecule has 3 rings (SSSR count). The van der Waals surface area contributed by atoms with E-state index in [9.17, 15) is 4.39 Å². The molecule has 1 aliphatic heterocycles. The lowest BCUT2D eigenvalue weighted by atomic mass is 10.1. The Kier molecular flexibility index (Phi) is 3.44. The van der Waals surface area contributed by atoms with Crippen molar-refractivity contribution in [1.82, 2.24) is 14.7 Å². The molecular weight excluding hydrogens is 255 g/mol. The number of hydrogen-bond acceptors (Lipinski definition) is 3. The molecule has 0 unspecified atom stereocenters. The van der Waals surface area contributed by atoms with Crippen LogP contribution in [0.25, 0.3) is 11.1 Å². The van der Waals surface area contributed by atoms with Crippen molar-refractivity contribution in [1.29, 1.82) is 0 Å². The third-order valence-corrected chi connectivity index (χ3v) is 3.94. The Morgan fingerprint density at radius 3 is 2.65 bits per heavy atom. The molecule has 20 heavy (non-hydrogen) atoms. The minimum absolute atomic E-state index is 0.169. The molecular formula is C15H19FN4. The van der Waals surface area contributed by atoms with E-state index in [0.717, 1.165) is 29.8 Å². The van der Waals surface area contributed by atoms with Crippen LogP contribution in [0.15, 0.2) is 24.4 Å². The Morgan fingerprint density at radius 2 is 2.05 bits per heavy atom. The predicted octanol–water partition coefficient (Wildman–Crippen LogP) is 2.40. The molecule has 1 aromatic carbocycles. The Balaban J connectivity index is 1.85. The number of nitrogens with two attached hydrogens (primary N) is 1. The summed E-state index contributed by atoms with van der Waals surface area (Å²) in [5.74, 6) is 0.384. The zero-order valence-electron chi connectivity index (χ0n) is 11.6. The van der Waals surface area contributed by atoms with Crippen LogP contribution in [0, 0.1) is 5.82 Å². The van der Waals surface area contributed by atoms with E-state index in [2.05, 4.69) is 10.00 Å². The smallest absolute Gasteiger partial charge is 0.129 e. The van der Waals surface area contributed by atoms with Gasteiger partial charge in [0.2, 0.25) is 0 Å². The summed E-state index contributed by atoms with van der Waals surface area (Å²) in [7, 11) is 1.77. The fourth-order valence-electron chi connectivity index (χ4n) is 2.69. The number of nitrogen functional groups attached to an aromatic ring is 1. The summed E-state index contributed by atoms with van der Waals surface area (Å²) in [6, 6.07) is 5.33. The second kappa shape index (κ2) is 5.25. The zero-order chi connectivity index (χ0) is 14.1. The van der Waals surface area contributed by atoms with Crippen LogP contribution in [0.3, 0.4) is 0 Å². The predicted molar refractivity (Wildman–Crippen MR) is 77.5 cm³/mol. The number of anilines is 1. The summed E-state index contributed by atoms with van der Waals surface area (Å²) in [6.45, 7) is 2.82. The lowest BCUT2D eigenvalue weighted by Crippen LogP contribution is -2.19. The zero-order valence-corrected chi connectivity index (χ0v) is 11.6. The third kappa shape index (κ3) is 2.41. The van der Waals surface area contributed by atoms with Gasteiger partial charge in [0.1, 0.15) is 11.6 Å². The number of hydrogen-bond donors (Lipinski definition) is 1. The molecule has 1 aromatic heterocycles. The lowest BCUT2D eigenvalue weighted by molar-refractivity contribution is 0.325. The van der Waals surface area contributed by atoms with Gasteiger partial charge in [-0.3, -0.25) is 9.58 Å². The fourth-order valence-corrected chi connectivity index (χ4v) is 2.69. The number of aromatic nitrogens is 2. The van der Waals surface area contributed by atoms with E-state index in [1.807, 2.05) is 12.1 Å². The standard InChI is InChI=1S/C15H19FN4/c1-19-15(17)13(9-18-19)11-4-5-12(14(16)8-11)10-20-6-2-3-7-20/h4-5,8-9H,2-3,6-7,10,17H2,1H3. The van der Waals surface area contributed by atoms with E-state index in [1.54, 1.807) is 24.0 Å². The molecule has 1 saturated heterocycles. The van der Waals surface area contributed by atoms with E-state index in [4.69, 9.17) is 5.73 Å². The summed E-state index contributed by atoms with van der Waals surface area (Å²) in [5.41, 5.74) is 8.23. The molecule has 1 fully saturated rings. The maximum atomic E-state index is 14.2. The van der Waals surface area contributed by atoms with E-state index in [-0.39, 0.29) is 5.82 Å². The van der Waals surface area contributed by atoms with Crippen LogP contribution in [-0.4, -0.2) is 27.8 Å². The fraction of sp³-hybridized carbons (Fsp3) is 0.400. The first-order valence-corrected chi connectivity index (χ1v) is 6.94. The molecule has 0 spiro atoms. The van der Waals surface area contributed by atoms with Crippen LogP contribution in [0.1, 0.15) is 18.4 Å².